The summed E-state index contributed by atoms with van der Waals surface area (Å²) in [6.07, 6.45) is 1.41. The summed E-state index contributed by atoms with van der Waals surface area (Å²) in [7, 11) is 0. The first-order valence-corrected chi connectivity index (χ1v) is 2.43. The van der Waals surface area contributed by atoms with Gasteiger partial charge < -0.3 is 9.90 Å². The largest absolute Gasteiger partial charge is 0.543 e. The number of nitrogens with zero attached hydrogens (tertiary/aromatic N) is 1. The Bertz CT molecular complexity index is 212. The van der Waals surface area contributed by atoms with Crippen molar-refractivity contribution in [2.45, 2.75) is 0 Å². The Morgan fingerprint density at radius 3 is 2.50 bits per heavy atom. The zero-order valence-corrected chi connectivity index (χ0v) is 6.36. The van der Waals surface area contributed by atoms with Crippen LogP contribution in [-0.4, -0.2) is 11.0 Å². The zero-order chi connectivity index (χ0) is 6.69. The maximum atomic E-state index is 10.0. The second-order valence-electron chi connectivity index (χ2n) is 1.50. The molecule has 0 amide bonds. The smallest absolute Gasteiger partial charge is 0.0899 e. The number of pyridine rings is 1. The monoisotopic (exact) mass is 229 g/mol. The Labute approximate surface area is 73.6 Å². The van der Waals surface area contributed by atoms with Gasteiger partial charge in [0.05, 0.1) is 11.7 Å². The van der Waals surface area contributed by atoms with Crippen molar-refractivity contribution in [1.29, 1.82) is 0 Å². The van der Waals surface area contributed by atoms with Crippen LogP contribution in [0.25, 0.3) is 0 Å². The molecule has 1 rings (SSSR count). The van der Waals surface area contributed by atoms with Gasteiger partial charge in [-0.25, -0.2) is 0 Å². The molecule has 3 nitrogen and oxygen atoms in total. The number of aromatic carboxylic acids is 1. The SMILES string of the molecule is O=C([O-])c1ccccn1.[Ag]. The van der Waals surface area contributed by atoms with E-state index in [1.807, 2.05) is 0 Å². The van der Waals surface area contributed by atoms with Gasteiger partial charge in [-0.3, -0.25) is 4.98 Å². The number of rotatable bonds is 1. The van der Waals surface area contributed by atoms with Gasteiger partial charge in [0.2, 0.25) is 0 Å². The van der Waals surface area contributed by atoms with Gasteiger partial charge in [-0.2, -0.15) is 0 Å². The molecule has 57 valence electrons. The number of aromatic nitrogens is 1. The van der Waals surface area contributed by atoms with E-state index in [4.69, 9.17) is 0 Å². The normalized spacial score (nSPS) is 8.00. The topological polar surface area (TPSA) is 53.0 Å². The molecule has 10 heavy (non-hydrogen) atoms. The molecule has 1 heterocycles. The van der Waals surface area contributed by atoms with Gasteiger partial charge in [0.1, 0.15) is 0 Å². The summed E-state index contributed by atoms with van der Waals surface area (Å²) in [4.78, 5) is 13.5. The third-order valence-electron chi connectivity index (χ3n) is 0.874. The van der Waals surface area contributed by atoms with Gasteiger partial charge in [0, 0.05) is 28.6 Å². The van der Waals surface area contributed by atoms with E-state index < -0.39 is 5.97 Å². The summed E-state index contributed by atoms with van der Waals surface area (Å²) >= 11 is 0. The molecule has 0 N–H and O–H groups in total. The third kappa shape index (κ3) is 2.31. The minimum atomic E-state index is -1.24. The van der Waals surface area contributed by atoms with Gasteiger partial charge in [0.15, 0.2) is 0 Å². The Hall–Kier alpha value is -0.640. The van der Waals surface area contributed by atoms with Crippen molar-refractivity contribution in [2.24, 2.45) is 0 Å². The molecule has 4 heteroatoms. The summed E-state index contributed by atoms with van der Waals surface area (Å²) in [5.41, 5.74) is -0.0301. The first kappa shape index (κ1) is 9.36. The minimum Gasteiger partial charge on any atom is -0.543 e. The quantitative estimate of drug-likeness (QED) is 0.607. The molecule has 0 aromatic carbocycles. The summed E-state index contributed by atoms with van der Waals surface area (Å²) in [5.74, 6) is -1.24. The molecule has 1 aromatic heterocycles. The van der Waals surface area contributed by atoms with Gasteiger partial charge >= 0.3 is 0 Å². The molecular weight excluding hydrogens is 226 g/mol. The number of carboxylic acids is 1. The van der Waals surface area contributed by atoms with Crippen molar-refractivity contribution < 1.29 is 32.3 Å². The number of carboxylic acid groups (broad SMARTS) is 1. The van der Waals surface area contributed by atoms with Crippen molar-refractivity contribution in [3.8, 4) is 0 Å². The molecular formula is C6H4AgNO2-. The average molecular weight is 230 g/mol. The Kier molecular flexibility index (Phi) is 3.95. The Morgan fingerprint density at radius 1 is 1.50 bits per heavy atom. The molecule has 0 aliphatic rings. The summed E-state index contributed by atoms with van der Waals surface area (Å²) in [5, 5.41) is 10.0. The van der Waals surface area contributed by atoms with Crippen molar-refractivity contribution >= 4 is 5.97 Å². The molecule has 0 saturated carbocycles. The summed E-state index contributed by atoms with van der Waals surface area (Å²) < 4.78 is 0. The molecule has 0 bridgehead atoms. The van der Waals surface area contributed by atoms with Crippen molar-refractivity contribution in [3.63, 3.8) is 0 Å². The summed E-state index contributed by atoms with van der Waals surface area (Å²) in [6.45, 7) is 0. The fraction of sp³-hybridized carbons (Fsp3) is 0. The minimum absolute atomic E-state index is 0. The maximum Gasteiger partial charge on any atom is 0.0899 e. The Morgan fingerprint density at radius 2 is 2.20 bits per heavy atom. The molecule has 0 fully saturated rings. The van der Waals surface area contributed by atoms with E-state index in [1.165, 1.54) is 12.3 Å². The first-order valence-electron chi connectivity index (χ1n) is 2.43. The standard InChI is InChI=1S/C6H5NO2.Ag/c8-6(9)5-3-1-2-4-7-5;/h1-4H,(H,8,9);/p-1. The average Bonchev–Trinajstić information content (AvgIpc) is 1.90. The molecule has 0 aliphatic carbocycles. The van der Waals surface area contributed by atoms with E-state index in [0.29, 0.717) is 0 Å². The zero-order valence-electron chi connectivity index (χ0n) is 4.87. The van der Waals surface area contributed by atoms with E-state index in [2.05, 4.69) is 4.98 Å². The third-order valence-corrected chi connectivity index (χ3v) is 0.874. The number of hydrogen-bond acceptors (Lipinski definition) is 3. The molecule has 0 spiro atoms. The van der Waals surface area contributed by atoms with Crippen LogP contribution in [0.4, 0.5) is 0 Å². The van der Waals surface area contributed by atoms with Crippen LogP contribution < -0.4 is 5.11 Å². The van der Waals surface area contributed by atoms with Crippen LogP contribution >= 0.6 is 0 Å². The van der Waals surface area contributed by atoms with Crippen LogP contribution in [0.1, 0.15) is 10.5 Å². The number of hydrogen-bond donors (Lipinski definition) is 0. The second-order valence-corrected chi connectivity index (χ2v) is 1.50. The Balaban J connectivity index is 0.000000810. The van der Waals surface area contributed by atoms with Crippen LogP contribution in [0.5, 0.6) is 0 Å². The first-order chi connectivity index (χ1) is 4.30. The fourth-order valence-corrected chi connectivity index (χ4v) is 0.484. The number of carbonyl (C=O) groups is 1. The van der Waals surface area contributed by atoms with E-state index >= 15 is 0 Å². The van der Waals surface area contributed by atoms with Gasteiger partial charge in [-0.15, -0.1) is 0 Å². The summed E-state index contributed by atoms with van der Waals surface area (Å²) in [6, 6.07) is 4.62. The second kappa shape index (κ2) is 4.22. The number of carbonyl (C=O) groups excluding carboxylic acids is 1. The van der Waals surface area contributed by atoms with Crippen LogP contribution in [0.2, 0.25) is 0 Å². The van der Waals surface area contributed by atoms with E-state index in [-0.39, 0.29) is 28.1 Å². The molecule has 1 aromatic rings. The van der Waals surface area contributed by atoms with Crippen LogP contribution in [0.3, 0.4) is 0 Å². The maximum absolute atomic E-state index is 10.0. The fourth-order valence-electron chi connectivity index (χ4n) is 0.484. The molecule has 0 unspecified atom stereocenters. The van der Waals surface area contributed by atoms with Crippen LogP contribution in [-0.2, 0) is 22.4 Å². The van der Waals surface area contributed by atoms with Crippen LogP contribution in [0, 0.1) is 0 Å². The molecule has 0 aliphatic heterocycles. The molecule has 0 saturated heterocycles. The van der Waals surface area contributed by atoms with Crippen molar-refractivity contribution in [1.82, 2.24) is 4.98 Å². The van der Waals surface area contributed by atoms with E-state index in [0.717, 1.165) is 0 Å². The van der Waals surface area contributed by atoms with Crippen molar-refractivity contribution in [3.05, 3.63) is 30.1 Å². The van der Waals surface area contributed by atoms with Crippen molar-refractivity contribution in [2.75, 3.05) is 0 Å². The van der Waals surface area contributed by atoms with E-state index in [1.54, 1.807) is 12.1 Å². The molecule has 0 atom stereocenters. The van der Waals surface area contributed by atoms with Gasteiger partial charge in [-0.05, 0) is 12.1 Å². The predicted molar refractivity (Wildman–Crippen MR) is 28.6 cm³/mol. The van der Waals surface area contributed by atoms with Crippen LogP contribution in [0.15, 0.2) is 24.4 Å². The van der Waals surface area contributed by atoms with E-state index in [9.17, 15) is 9.90 Å². The van der Waals surface area contributed by atoms with Gasteiger partial charge in [-0.1, -0.05) is 6.07 Å². The van der Waals surface area contributed by atoms with Gasteiger partial charge in [0.25, 0.3) is 0 Å². The predicted octanol–water partition coefficient (Wildman–Crippen LogP) is -0.557. The molecule has 1 radical (unpaired) electrons.